The van der Waals surface area contributed by atoms with Gasteiger partial charge in [0.2, 0.25) is 5.91 Å². The number of carbonyl (C=O) groups excluding carboxylic acids is 2. The molecule has 30 heavy (non-hydrogen) atoms. The van der Waals surface area contributed by atoms with Crippen LogP contribution in [0.5, 0.6) is 0 Å². The van der Waals surface area contributed by atoms with Gasteiger partial charge in [0, 0.05) is 41.1 Å². The van der Waals surface area contributed by atoms with Gasteiger partial charge < -0.3 is 16.0 Å². The maximum atomic E-state index is 12.7. The highest BCUT2D eigenvalue weighted by molar-refractivity contribution is 6.05. The van der Waals surface area contributed by atoms with Gasteiger partial charge in [-0.25, -0.2) is 4.98 Å². The van der Waals surface area contributed by atoms with Gasteiger partial charge in [0.05, 0.1) is 0 Å². The van der Waals surface area contributed by atoms with E-state index >= 15 is 0 Å². The number of carbonyl (C=O) groups is 2. The van der Waals surface area contributed by atoms with E-state index in [0.717, 1.165) is 22.3 Å². The van der Waals surface area contributed by atoms with Crippen LogP contribution in [0.25, 0.3) is 10.8 Å². The fraction of sp³-hybridized carbons (Fsp3) is 0.0417. The van der Waals surface area contributed by atoms with E-state index in [-0.39, 0.29) is 11.8 Å². The van der Waals surface area contributed by atoms with E-state index in [9.17, 15) is 9.59 Å². The minimum Gasteiger partial charge on any atom is -0.340 e. The number of hydrogen-bond acceptors (Lipinski definition) is 4. The van der Waals surface area contributed by atoms with Crippen LogP contribution in [0.4, 0.5) is 22.9 Å². The molecule has 0 radical (unpaired) electrons. The van der Waals surface area contributed by atoms with Crippen molar-refractivity contribution in [2.45, 2.75) is 6.92 Å². The van der Waals surface area contributed by atoms with Crippen LogP contribution >= 0.6 is 0 Å². The molecule has 1 aromatic heterocycles. The van der Waals surface area contributed by atoms with Crippen LogP contribution in [-0.4, -0.2) is 16.8 Å². The second-order valence-electron chi connectivity index (χ2n) is 6.80. The summed E-state index contributed by atoms with van der Waals surface area (Å²) in [5, 5.41) is 11.0. The molecule has 148 valence electrons. The maximum Gasteiger partial charge on any atom is 0.255 e. The highest BCUT2D eigenvalue weighted by Gasteiger charge is 2.09. The lowest BCUT2D eigenvalue weighted by atomic mass is 10.1. The Bertz CT molecular complexity index is 1210. The zero-order valence-corrected chi connectivity index (χ0v) is 16.3. The van der Waals surface area contributed by atoms with Crippen molar-refractivity contribution < 1.29 is 9.59 Å². The van der Waals surface area contributed by atoms with Crippen LogP contribution in [0.3, 0.4) is 0 Å². The number of fused-ring (bicyclic) bond motifs is 1. The van der Waals surface area contributed by atoms with Gasteiger partial charge in [-0.3, -0.25) is 9.59 Å². The van der Waals surface area contributed by atoms with Gasteiger partial charge in [-0.05, 0) is 53.9 Å². The van der Waals surface area contributed by atoms with Crippen LogP contribution in [0.15, 0.2) is 85.1 Å². The molecule has 0 saturated carbocycles. The summed E-state index contributed by atoms with van der Waals surface area (Å²) in [5.41, 5.74) is 2.61. The summed E-state index contributed by atoms with van der Waals surface area (Å²) < 4.78 is 0. The second-order valence-corrected chi connectivity index (χ2v) is 6.80. The van der Waals surface area contributed by atoms with Gasteiger partial charge in [-0.1, -0.05) is 30.3 Å². The average Bonchev–Trinajstić information content (AvgIpc) is 2.75. The number of hydrogen-bond donors (Lipinski definition) is 3. The number of rotatable bonds is 5. The van der Waals surface area contributed by atoms with E-state index in [0.29, 0.717) is 16.9 Å². The van der Waals surface area contributed by atoms with Crippen molar-refractivity contribution in [1.82, 2.24) is 4.98 Å². The molecule has 2 amide bonds. The number of nitrogens with one attached hydrogen (secondary N) is 3. The number of pyridine rings is 1. The quantitative estimate of drug-likeness (QED) is 0.434. The smallest absolute Gasteiger partial charge is 0.255 e. The Labute approximate surface area is 174 Å². The Morgan fingerprint density at radius 2 is 1.50 bits per heavy atom. The number of benzene rings is 3. The Morgan fingerprint density at radius 1 is 0.767 bits per heavy atom. The Balaban J connectivity index is 1.50. The predicted molar refractivity (Wildman–Crippen MR) is 120 cm³/mol. The molecule has 0 fully saturated rings. The van der Waals surface area contributed by atoms with Gasteiger partial charge in [0.25, 0.3) is 5.91 Å². The molecule has 1 heterocycles. The van der Waals surface area contributed by atoms with Crippen molar-refractivity contribution in [2.75, 3.05) is 16.0 Å². The van der Waals surface area contributed by atoms with E-state index < -0.39 is 0 Å². The van der Waals surface area contributed by atoms with Crippen molar-refractivity contribution in [3.05, 3.63) is 90.6 Å². The van der Waals surface area contributed by atoms with Crippen molar-refractivity contribution in [3.63, 3.8) is 0 Å². The first-order valence-corrected chi connectivity index (χ1v) is 9.48. The van der Waals surface area contributed by atoms with Crippen molar-refractivity contribution in [2.24, 2.45) is 0 Å². The molecular weight excluding hydrogens is 376 g/mol. The second kappa shape index (κ2) is 8.45. The molecule has 3 N–H and O–H groups in total. The largest absolute Gasteiger partial charge is 0.340 e. The Kier molecular flexibility index (Phi) is 5.39. The Hall–Kier alpha value is -4.19. The molecule has 0 aliphatic rings. The van der Waals surface area contributed by atoms with Crippen molar-refractivity contribution >= 4 is 45.5 Å². The summed E-state index contributed by atoms with van der Waals surface area (Å²) in [4.78, 5) is 28.2. The molecule has 0 bridgehead atoms. The average molecular weight is 396 g/mol. The zero-order chi connectivity index (χ0) is 20.9. The van der Waals surface area contributed by atoms with Gasteiger partial charge in [0.1, 0.15) is 5.82 Å². The number of aromatic nitrogens is 1. The van der Waals surface area contributed by atoms with Crippen LogP contribution in [-0.2, 0) is 4.79 Å². The van der Waals surface area contributed by atoms with E-state index in [2.05, 4.69) is 20.9 Å². The molecule has 6 nitrogen and oxygen atoms in total. The SMILES string of the molecule is CC(=O)Nc1ccc(NC(=O)c2cccc(Nc3nccc4ccccc34)c2)cc1. The van der Waals surface area contributed by atoms with Crippen molar-refractivity contribution in [3.8, 4) is 0 Å². The van der Waals surface area contributed by atoms with Crippen molar-refractivity contribution in [1.29, 1.82) is 0 Å². The van der Waals surface area contributed by atoms with E-state index in [1.807, 2.05) is 42.5 Å². The fourth-order valence-electron chi connectivity index (χ4n) is 3.14. The molecule has 4 aromatic rings. The molecule has 0 aliphatic carbocycles. The first-order valence-electron chi connectivity index (χ1n) is 9.48. The minimum absolute atomic E-state index is 0.142. The molecule has 0 atom stereocenters. The zero-order valence-electron chi connectivity index (χ0n) is 16.3. The standard InChI is InChI=1S/C24H20N4O2/c1-16(29)26-19-9-11-20(12-10-19)28-24(30)18-6-4-7-21(15-18)27-23-22-8-3-2-5-17(22)13-14-25-23/h2-15H,1H3,(H,25,27)(H,26,29)(H,28,30). The normalized spacial score (nSPS) is 10.4. The van der Waals surface area contributed by atoms with Gasteiger partial charge in [-0.2, -0.15) is 0 Å². The third-order valence-electron chi connectivity index (χ3n) is 4.52. The highest BCUT2D eigenvalue weighted by atomic mass is 16.2. The molecule has 0 spiro atoms. The summed E-state index contributed by atoms with van der Waals surface area (Å²) in [6, 6.07) is 24.2. The molecule has 3 aromatic carbocycles. The number of amides is 2. The lowest BCUT2D eigenvalue weighted by Gasteiger charge is -2.11. The Morgan fingerprint density at radius 3 is 2.27 bits per heavy atom. The number of anilines is 4. The summed E-state index contributed by atoms with van der Waals surface area (Å²) in [5.74, 6) is 0.368. The summed E-state index contributed by atoms with van der Waals surface area (Å²) in [7, 11) is 0. The monoisotopic (exact) mass is 396 g/mol. The molecule has 0 aliphatic heterocycles. The maximum absolute atomic E-state index is 12.7. The first-order chi connectivity index (χ1) is 14.6. The van der Waals surface area contributed by atoms with Gasteiger partial charge >= 0.3 is 0 Å². The lowest BCUT2D eigenvalue weighted by molar-refractivity contribution is -0.114. The van der Waals surface area contributed by atoms with E-state index in [1.54, 1.807) is 42.6 Å². The van der Waals surface area contributed by atoms with Crippen LogP contribution < -0.4 is 16.0 Å². The molecule has 0 unspecified atom stereocenters. The summed E-state index contributed by atoms with van der Waals surface area (Å²) in [6.07, 6.45) is 1.76. The first kappa shape index (κ1) is 19.1. The van der Waals surface area contributed by atoms with Crippen LogP contribution in [0, 0.1) is 0 Å². The third kappa shape index (κ3) is 4.44. The summed E-state index contributed by atoms with van der Waals surface area (Å²) >= 11 is 0. The highest BCUT2D eigenvalue weighted by Crippen LogP contribution is 2.24. The minimum atomic E-state index is -0.225. The van der Waals surface area contributed by atoms with E-state index in [4.69, 9.17) is 0 Å². The fourth-order valence-corrected chi connectivity index (χ4v) is 3.14. The third-order valence-corrected chi connectivity index (χ3v) is 4.52. The molecular formula is C24H20N4O2. The van der Waals surface area contributed by atoms with Gasteiger partial charge in [0.15, 0.2) is 0 Å². The summed E-state index contributed by atoms with van der Waals surface area (Å²) in [6.45, 7) is 1.45. The van der Waals surface area contributed by atoms with Gasteiger partial charge in [-0.15, -0.1) is 0 Å². The predicted octanol–water partition coefficient (Wildman–Crippen LogP) is 5.19. The van der Waals surface area contributed by atoms with E-state index in [1.165, 1.54) is 6.92 Å². The topological polar surface area (TPSA) is 83.1 Å². The van der Waals surface area contributed by atoms with Crippen LogP contribution in [0.2, 0.25) is 0 Å². The number of nitrogens with zero attached hydrogens (tertiary/aromatic N) is 1. The lowest BCUT2D eigenvalue weighted by Crippen LogP contribution is -2.12. The molecule has 6 heteroatoms. The molecule has 4 rings (SSSR count). The molecule has 0 saturated heterocycles. The van der Waals surface area contributed by atoms with Crippen LogP contribution in [0.1, 0.15) is 17.3 Å².